The standard InChI is InChI=1S/C20H26N4/c1-8-10-22-20-15(7)24-18(11-17(20)19(21)13(3)4)16(9-2)12-23-14(5)6/h8-9,11-12,21-22H,1-3,10H2,4-7H3/b16-12+,21-19?. The molecule has 0 bridgehead atoms. The van der Waals surface area contributed by atoms with E-state index < -0.39 is 0 Å². The van der Waals surface area contributed by atoms with Gasteiger partial charge < -0.3 is 5.32 Å². The van der Waals surface area contributed by atoms with Gasteiger partial charge >= 0.3 is 0 Å². The normalized spacial score (nSPS) is 10.8. The molecule has 0 aliphatic carbocycles. The summed E-state index contributed by atoms with van der Waals surface area (Å²) >= 11 is 0. The molecule has 0 spiro atoms. The van der Waals surface area contributed by atoms with Crippen LogP contribution in [0.1, 0.15) is 37.7 Å². The summed E-state index contributed by atoms with van der Waals surface area (Å²) in [5, 5.41) is 11.6. The zero-order valence-electron chi connectivity index (χ0n) is 15.0. The Hall–Kier alpha value is -2.75. The van der Waals surface area contributed by atoms with Crippen molar-refractivity contribution in [1.82, 2.24) is 4.98 Å². The van der Waals surface area contributed by atoms with Crippen LogP contribution in [-0.4, -0.2) is 23.0 Å². The lowest BCUT2D eigenvalue weighted by Gasteiger charge is -2.16. The number of pyridine rings is 1. The van der Waals surface area contributed by atoms with Gasteiger partial charge in [-0.05, 0) is 39.3 Å². The summed E-state index contributed by atoms with van der Waals surface area (Å²) in [7, 11) is 0. The molecule has 1 rings (SSSR count). The van der Waals surface area contributed by atoms with E-state index in [2.05, 4.69) is 35.0 Å². The van der Waals surface area contributed by atoms with Gasteiger partial charge in [0.15, 0.2) is 0 Å². The van der Waals surface area contributed by atoms with Crippen LogP contribution in [0.4, 0.5) is 5.69 Å². The van der Waals surface area contributed by atoms with E-state index in [1.807, 2.05) is 33.8 Å². The first kappa shape index (κ1) is 19.3. The fourth-order valence-electron chi connectivity index (χ4n) is 2.07. The van der Waals surface area contributed by atoms with Gasteiger partial charge in [-0.1, -0.05) is 25.3 Å². The molecule has 1 heterocycles. The molecule has 126 valence electrons. The Morgan fingerprint density at radius 2 is 2.00 bits per heavy atom. The molecular formula is C20H26N4. The predicted octanol–water partition coefficient (Wildman–Crippen LogP) is 4.94. The van der Waals surface area contributed by atoms with Crippen LogP contribution in [0.25, 0.3) is 5.57 Å². The smallest absolute Gasteiger partial charge is 0.0728 e. The van der Waals surface area contributed by atoms with Gasteiger partial charge in [-0.2, -0.15) is 0 Å². The van der Waals surface area contributed by atoms with Crippen molar-refractivity contribution in [3.8, 4) is 0 Å². The van der Waals surface area contributed by atoms with E-state index in [1.165, 1.54) is 0 Å². The maximum atomic E-state index is 8.36. The van der Waals surface area contributed by atoms with Gasteiger partial charge in [0.05, 0.1) is 22.8 Å². The number of hydrogen-bond acceptors (Lipinski definition) is 4. The molecule has 0 unspecified atom stereocenters. The lowest BCUT2D eigenvalue weighted by molar-refractivity contribution is 1.14. The Kier molecular flexibility index (Phi) is 7.05. The van der Waals surface area contributed by atoms with Crippen molar-refractivity contribution in [1.29, 1.82) is 5.41 Å². The van der Waals surface area contributed by atoms with Gasteiger partial charge in [-0.3, -0.25) is 15.4 Å². The van der Waals surface area contributed by atoms with Crippen molar-refractivity contribution >= 4 is 22.7 Å². The van der Waals surface area contributed by atoms with E-state index >= 15 is 0 Å². The summed E-state index contributed by atoms with van der Waals surface area (Å²) in [5.74, 6) is 0. The summed E-state index contributed by atoms with van der Waals surface area (Å²) in [6.45, 7) is 19.7. The first-order valence-electron chi connectivity index (χ1n) is 7.77. The Labute approximate surface area is 144 Å². The van der Waals surface area contributed by atoms with E-state index in [-0.39, 0.29) is 0 Å². The number of anilines is 1. The highest BCUT2D eigenvalue weighted by Crippen LogP contribution is 2.26. The SMILES string of the molecule is C=CCNc1c(C(=N)C(=C)C)cc(/C(C=C)=C/N=C(C)C)nc1C. The molecule has 4 heteroatoms. The third-order valence-corrected chi connectivity index (χ3v) is 3.30. The molecule has 0 fully saturated rings. The van der Waals surface area contributed by atoms with E-state index in [1.54, 1.807) is 18.4 Å². The zero-order valence-corrected chi connectivity index (χ0v) is 15.0. The average Bonchev–Trinajstić information content (AvgIpc) is 2.52. The number of aryl methyl sites for hydroxylation is 1. The van der Waals surface area contributed by atoms with Crippen LogP contribution in [0.2, 0.25) is 0 Å². The summed E-state index contributed by atoms with van der Waals surface area (Å²) in [6.07, 6.45) is 5.24. The second-order valence-corrected chi connectivity index (χ2v) is 5.71. The molecule has 0 amide bonds. The van der Waals surface area contributed by atoms with Crippen molar-refractivity contribution in [3.63, 3.8) is 0 Å². The number of nitrogens with one attached hydrogen (secondary N) is 2. The van der Waals surface area contributed by atoms with Gasteiger partial charge in [0.2, 0.25) is 0 Å². The highest BCUT2D eigenvalue weighted by atomic mass is 14.9. The number of nitrogens with zero attached hydrogens (tertiary/aromatic N) is 2. The molecule has 0 saturated carbocycles. The summed E-state index contributed by atoms with van der Waals surface area (Å²) in [5.41, 5.74) is 5.96. The largest absolute Gasteiger partial charge is 0.380 e. The molecule has 0 radical (unpaired) electrons. The topological polar surface area (TPSA) is 61.1 Å². The third-order valence-electron chi connectivity index (χ3n) is 3.30. The van der Waals surface area contributed by atoms with Crippen LogP contribution in [0, 0.1) is 12.3 Å². The lowest BCUT2D eigenvalue weighted by atomic mass is 9.99. The molecular weight excluding hydrogens is 296 g/mol. The van der Waals surface area contributed by atoms with Crippen LogP contribution >= 0.6 is 0 Å². The molecule has 0 aliphatic rings. The number of aliphatic imine (C=N–C) groups is 1. The molecule has 0 saturated heterocycles. The van der Waals surface area contributed by atoms with Crippen molar-refractivity contribution in [2.45, 2.75) is 27.7 Å². The summed E-state index contributed by atoms with van der Waals surface area (Å²) in [6, 6.07) is 1.88. The molecule has 2 N–H and O–H groups in total. The average molecular weight is 322 g/mol. The second kappa shape index (κ2) is 8.77. The molecule has 0 aliphatic heterocycles. The molecule has 1 aromatic rings. The molecule has 24 heavy (non-hydrogen) atoms. The third kappa shape index (κ3) is 4.88. The van der Waals surface area contributed by atoms with Crippen LogP contribution in [0.15, 0.2) is 54.7 Å². The van der Waals surface area contributed by atoms with Gasteiger partial charge in [0, 0.05) is 29.6 Å². The Balaban J connectivity index is 3.55. The monoisotopic (exact) mass is 322 g/mol. The van der Waals surface area contributed by atoms with E-state index in [0.29, 0.717) is 17.8 Å². The predicted molar refractivity (Wildman–Crippen MR) is 106 cm³/mol. The number of rotatable bonds is 8. The highest BCUT2D eigenvalue weighted by Gasteiger charge is 2.15. The zero-order chi connectivity index (χ0) is 18.3. The van der Waals surface area contributed by atoms with Crippen molar-refractivity contribution < 1.29 is 0 Å². The Morgan fingerprint density at radius 1 is 1.33 bits per heavy atom. The molecule has 4 nitrogen and oxygen atoms in total. The molecule has 0 atom stereocenters. The maximum absolute atomic E-state index is 8.36. The minimum Gasteiger partial charge on any atom is -0.380 e. The van der Waals surface area contributed by atoms with Crippen LogP contribution in [-0.2, 0) is 0 Å². The number of hydrogen-bond donors (Lipinski definition) is 2. The van der Waals surface area contributed by atoms with Crippen molar-refractivity contribution in [2.75, 3.05) is 11.9 Å². The Morgan fingerprint density at radius 3 is 2.50 bits per heavy atom. The van der Waals surface area contributed by atoms with E-state index in [0.717, 1.165) is 33.9 Å². The quantitative estimate of drug-likeness (QED) is 0.404. The number of allylic oxidation sites excluding steroid dienone is 3. The summed E-state index contributed by atoms with van der Waals surface area (Å²) in [4.78, 5) is 8.97. The minimum absolute atomic E-state index is 0.381. The van der Waals surface area contributed by atoms with E-state index in [4.69, 9.17) is 5.41 Å². The fourth-order valence-corrected chi connectivity index (χ4v) is 2.07. The van der Waals surface area contributed by atoms with Crippen LogP contribution in [0.5, 0.6) is 0 Å². The lowest BCUT2D eigenvalue weighted by Crippen LogP contribution is -2.11. The minimum atomic E-state index is 0.381. The fraction of sp³-hybridized carbons (Fsp3) is 0.250. The first-order chi connectivity index (χ1) is 11.3. The van der Waals surface area contributed by atoms with Crippen LogP contribution in [0.3, 0.4) is 0 Å². The van der Waals surface area contributed by atoms with Crippen molar-refractivity contribution in [2.24, 2.45) is 4.99 Å². The summed E-state index contributed by atoms with van der Waals surface area (Å²) < 4.78 is 0. The second-order valence-electron chi connectivity index (χ2n) is 5.71. The maximum Gasteiger partial charge on any atom is 0.0728 e. The molecule has 0 aromatic carbocycles. The van der Waals surface area contributed by atoms with Crippen molar-refractivity contribution in [3.05, 3.63) is 66.7 Å². The van der Waals surface area contributed by atoms with Gasteiger partial charge in [-0.15, -0.1) is 6.58 Å². The Bertz CT molecular complexity index is 732. The van der Waals surface area contributed by atoms with Gasteiger partial charge in [0.25, 0.3) is 0 Å². The first-order valence-corrected chi connectivity index (χ1v) is 7.77. The van der Waals surface area contributed by atoms with Crippen LogP contribution < -0.4 is 5.32 Å². The number of aromatic nitrogens is 1. The highest BCUT2D eigenvalue weighted by molar-refractivity contribution is 6.13. The molecule has 1 aromatic heterocycles. The van der Waals surface area contributed by atoms with Gasteiger partial charge in [0.1, 0.15) is 0 Å². The van der Waals surface area contributed by atoms with E-state index in [9.17, 15) is 0 Å². The van der Waals surface area contributed by atoms with Gasteiger partial charge in [-0.25, -0.2) is 0 Å².